The van der Waals surface area contributed by atoms with E-state index in [1.807, 2.05) is 12.1 Å². The standard InChI is InChI=1S/C12H19NO2S/c1-10(2)8-13(6-7-15-3)12-5-4-11(9-14)16-12/h4-5,9-10H,6-8H2,1-3H3. The molecule has 3 nitrogen and oxygen atoms in total. The molecule has 90 valence electrons. The second-order valence-corrected chi connectivity index (χ2v) is 5.22. The van der Waals surface area contributed by atoms with Crippen molar-refractivity contribution in [3.63, 3.8) is 0 Å². The van der Waals surface area contributed by atoms with Crippen LogP contribution in [0.3, 0.4) is 0 Å². The number of ether oxygens (including phenoxy) is 1. The molecular weight excluding hydrogens is 222 g/mol. The van der Waals surface area contributed by atoms with E-state index in [9.17, 15) is 4.79 Å². The van der Waals surface area contributed by atoms with E-state index in [1.54, 1.807) is 7.11 Å². The summed E-state index contributed by atoms with van der Waals surface area (Å²) in [5.41, 5.74) is 0. The lowest BCUT2D eigenvalue weighted by Gasteiger charge is -2.24. The third kappa shape index (κ3) is 3.94. The Morgan fingerprint density at radius 2 is 2.25 bits per heavy atom. The molecule has 1 aromatic heterocycles. The molecule has 0 aliphatic rings. The first-order valence-corrected chi connectivity index (χ1v) is 6.28. The van der Waals surface area contributed by atoms with Gasteiger partial charge < -0.3 is 9.64 Å². The number of hydrogen-bond donors (Lipinski definition) is 0. The minimum Gasteiger partial charge on any atom is -0.383 e. The maximum absolute atomic E-state index is 10.6. The molecule has 4 heteroatoms. The number of anilines is 1. The number of nitrogens with zero attached hydrogens (tertiary/aromatic N) is 1. The molecule has 1 heterocycles. The Bertz CT molecular complexity index is 323. The Kier molecular flexibility index (Phi) is 5.49. The number of carbonyl (C=O) groups is 1. The van der Waals surface area contributed by atoms with Crippen LogP contribution in [0, 0.1) is 5.92 Å². The topological polar surface area (TPSA) is 29.5 Å². The van der Waals surface area contributed by atoms with E-state index in [4.69, 9.17) is 4.74 Å². The highest BCUT2D eigenvalue weighted by molar-refractivity contribution is 7.17. The zero-order valence-electron chi connectivity index (χ0n) is 10.1. The van der Waals surface area contributed by atoms with Crippen molar-refractivity contribution >= 4 is 22.6 Å². The van der Waals surface area contributed by atoms with Gasteiger partial charge in [-0.15, -0.1) is 11.3 Å². The Morgan fingerprint density at radius 3 is 2.75 bits per heavy atom. The normalized spacial score (nSPS) is 10.8. The van der Waals surface area contributed by atoms with Crippen LogP contribution in [0.2, 0.25) is 0 Å². The SMILES string of the molecule is COCCN(CC(C)C)c1ccc(C=O)s1. The summed E-state index contributed by atoms with van der Waals surface area (Å²) in [6.07, 6.45) is 0.901. The first-order chi connectivity index (χ1) is 7.67. The number of aldehydes is 1. The van der Waals surface area contributed by atoms with Crippen LogP contribution in [-0.4, -0.2) is 33.1 Å². The van der Waals surface area contributed by atoms with Crippen molar-refractivity contribution in [2.24, 2.45) is 5.92 Å². The number of carbonyl (C=O) groups excluding carboxylic acids is 1. The van der Waals surface area contributed by atoms with Gasteiger partial charge in [-0.2, -0.15) is 0 Å². The minimum absolute atomic E-state index is 0.596. The molecule has 0 aliphatic carbocycles. The van der Waals surface area contributed by atoms with Crippen LogP contribution >= 0.6 is 11.3 Å². The van der Waals surface area contributed by atoms with Gasteiger partial charge in [0.25, 0.3) is 0 Å². The van der Waals surface area contributed by atoms with E-state index in [0.717, 1.165) is 29.3 Å². The molecule has 16 heavy (non-hydrogen) atoms. The van der Waals surface area contributed by atoms with E-state index in [0.29, 0.717) is 12.5 Å². The summed E-state index contributed by atoms with van der Waals surface area (Å²) < 4.78 is 5.10. The lowest BCUT2D eigenvalue weighted by molar-refractivity contribution is 0.112. The zero-order valence-corrected chi connectivity index (χ0v) is 10.9. The van der Waals surface area contributed by atoms with Crippen molar-refractivity contribution in [1.29, 1.82) is 0 Å². The molecule has 0 unspecified atom stereocenters. The Labute approximate surface area is 101 Å². The highest BCUT2D eigenvalue weighted by Gasteiger charge is 2.10. The maximum Gasteiger partial charge on any atom is 0.160 e. The van der Waals surface area contributed by atoms with Gasteiger partial charge in [-0.3, -0.25) is 4.79 Å². The lowest BCUT2D eigenvalue weighted by Crippen LogP contribution is -2.30. The summed E-state index contributed by atoms with van der Waals surface area (Å²) >= 11 is 1.54. The largest absolute Gasteiger partial charge is 0.383 e. The van der Waals surface area contributed by atoms with Crippen molar-refractivity contribution < 1.29 is 9.53 Å². The Morgan fingerprint density at radius 1 is 1.50 bits per heavy atom. The molecular formula is C12H19NO2S. The van der Waals surface area contributed by atoms with Crippen LogP contribution in [0.15, 0.2) is 12.1 Å². The van der Waals surface area contributed by atoms with Crippen molar-refractivity contribution in [2.75, 3.05) is 31.7 Å². The summed E-state index contributed by atoms with van der Waals surface area (Å²) in [5, 5.41) is 1.15. The first-order valence-electron chi connectivity index (χ1n) is 5.46. The molecule has 0 spiro atoms. The van der Waals surface area contributed by atoms with Crippen molar-refractivity contribution in [1.82, 2.24) is 0 Å². The van der Waals surface area contributed by atoms with Crippen molar-refractivity contribution in [3.05, 3.63) is 17.0 Å². The molecule has 0 bridgehead atoms. The van der Waals surface area contributed by atoms with Gasteiger partial charge in [0, 0.05) is 20.2 Å². The summed E-state index contributed by atoms with van der Waals surface area (Å²) in [5.74, 6) is 0.596. The van der Waals surface area contributed by atoms with E-state index >= 15 is 0 Å². The van der Waals surface area contributed by atoms with Gasteiger partial charge in [0.2, 0.25) is 0 Å². The third-order valence-electron chi connectivity index (χ3n) is 2.19. The van der Waals surface area contributed by atoms with Crippen molar-refractivity contribution in [2.45, 2.75) is 13.8 Å². The molecule has 0 radical (unpaired) electrons. The van der Waals surface area contributed by atoms with Gasteiger partial charge in [-0.25, -0.2) is 0 Å². The second-order valence-electron chi connectivity index (χ2n) is 4.13. The summed E-state index contributed by atoms with van der Waals surface area (Å²) in [6.45, 7) is 6.94. The van der Waals surface area contributed by atoms with Crippen LogP contribution in [0.1, 0.15) is 23.5 Å². The number of rotatable bonds is 7. The van der Waals surface area contributed by atoms with Crippen LogP contribution < -0.4 is 4.90 Å². The van der Waals surface area contributed by atoms with Crippen molar-refractivity contribution in [3.8, 4) is 0 Å². The van der Waals surface area contributed by atoms with Gasteiger partial charge in [0.05, 0.1) is 16.5 Å². The zero-order chi connectivity index (χ0) is 12.0. The lowest BCUT2D eigenvalue weighted by atomic mass is 10.2. The third-order valence-corrected chi connectivity index (χ3v) is 3.26. The quantitative estimate of drug-likeness (QED) is 0.687. The fourth-order valence-electron chi connectivity index (χ4n) is 1.51. The van der Waals surface area contributed by atoms with Gasteiger partial charge in [-0.1, -0.05) is 13.8 Å². The molecule has 0 amide bonds. The first kappa shape index (κ1) is 13.2. The molecule has 0 aromatic carbocycles. The predicted molar refractivity (Wildman–Crippen MR) is 68.6 cm³/mol. The molecule has 0 saturated carbocycles. The van der Waals surface area contributed by atoms with E-state index < -0.39 is 0 Å². The fraction of sp³-hybridized carbons (Fsp3) is 0.583. The average molecular weight is 241 g/mol. The Balaban J connectivity index is 2.69. The molecule has 0 saturated heterocycles. The van der Waals surface area contributed by atoms with Gasteiger partial charge in [0.15, 0.2) is 6.29 Å². The highest BCUT2D eigenvalue weighted by Crippen LogP contribution is 2.25. The highest BCUT2D eigenvalue weighted by atomic mass is 32.1. The van der Waals surface area contributed by atoms with Gasteiger partial charge in [-0.05, 0) is 18.1 Å². The summed E-state index contributed by atoms with van der Waals surface area (Å²) in [7, 11) is 1.71. The number of hydrogen-bond acceptors (Lipinski definition) is 4. The van der Waals surface area contributed by atoms with Crippen LogP contribution in [-0.2, 0) is 4.74 Å². The monoisotopic (exact) mass is 241 g/mol. The van der Waals surface area contributed by atoms with E-state index in [1.165, 1.54) is 11.3 Å². The Hall–Kier alpha value is -0.870. The maximum atomic E-state index is 10.6. The molecule has 0 aliphatic heterocycles. The number of methoxy groups -OCH3 is 1. The molecule has 1 aromatic rings. The number of thiophene rings is 1. The fourth-order valence-corrected chi connectivity index (χ4v) is 2.37. The smallest absolute Gasteiger partial charge is 0.160 e. The minimum atomic E-state index is 0.596. The summed E-state index contributed by atoms with van der Waals surface area (Å²) in [4.78, 5) is 13.7. The van der Waals surface area contributed by atoms with Crippen LogP contribution in [0.4, 0.5) is 5.00 Å². The average Bonchev–Trinajstić information content (AvgIpc) is 2.72. The summed E-state index contributed by atoms with van der Waals surface area (Å²) in [6, 6.07) is 3.87. The molecule has 0 atom stereocenters. The van der Waals surface area contributed by atoms with Gasteiger partial charge in [0.1, 0.15) is 0 Å². The second kappa shape index (κ2) is 6.66. The molecule has 1 rings (SSSR count). The van der Waals surface area contributed by atoms with E-state index in [2.05, 4.69) is 18.7 Å². The van der Waals surface area contributed by atoms with Gasteiger partial charge >= 0.3 is 0 Å². The van der Waals surface area contributed by atoms with Crippen LogP contribution in [0.5, 0.6) is 0 Å². The molecule has 0 fully saturated rings. The van der Waals surface area contributed by atoms with Crippen LogP contribution in [0.25, 0.3) is 0 Å². The molecule has 0 N–H and O–H groups in total. The van der Waals surface area contributed by atoms with E-state index in [-0.39, 0.29) is 0 Å². The predicted octanol–water partition coefficient (Wildman–Crippen LogP) is 2.67.